The zero-order chi connectivity index (χ0) is 14.2. The number of carbonyl (C=O) groups excluding carboxylic acids is 1. The average Bonchev–Trinajstić information content (AvgIpc) is 2.46. The maximum absolute atomic E-state index is 10.9. The molecule has 3 heteroatoms. The number of anilines is 2. The van der Waals surface area contributed by atoms with E-state index in [9.17, 15) is 4.79 Å². The molecule has 0 radical (unpaired) electrons. The Morgan fingerprint density at radius 2 is 1.60 bits per heavy atom. The third-order valence-corrected chi connectivity index (χ3v) is 3.02. The molecule has 0 aliphatic rings. The number of hydrogen-bond donors (Lipinski definition) is 2. The lowest BCUT2D eigenvalue weighted by Crippen LogP contribution is -2.06. The molecule has 0 atom stereocenters. The molecule has 104 valence electrons. The first-order valence-electron chi connectivity index (χ1n) is 6.89. The van der Waals surface area contributed by atoms with E-state index in [4.69, 9.17) is 0 Å². The van der Waals surface area contributed by atoms with Crippen molar-refractivity contribution in [1.29, 1.82) is 0 Å². The first kappa shape index (κ1) is 14.1. The van der Waals surface area contributed by atoms with Crippen LogP contribution in [0.15, 0.2) is 54.6 Å². The van der Waals surface area contributed by atoms with Crippen LogP contribution in [0.25, 0.3) is 0 Å². The van der Waals surface area contributed by atoms with Crippen molar-refractivity contribution < 1.29 is 4.79 Å². The highest BCUT2D eigenvalue weighted by Crippen LogP contribution is 2.13. The van der Waals surface area contributed by atoms with Crippen molar-refractivity contribution in [2.24, 2.45) is 0 Å². The van der Waals surface area contributed by atoms with Crippen molar-refractivity contribution in [3.05, 3.63) is 60.2 Å². The first-order valence-corrected chi connectivity index (χ1v) is 6.89. The number of nitrogens with one attached hydrogen (secondary N) is 2. The molecule has 20 heavy (non-hydrogen) atoms. The van der Waals surface area contributed by atoms with Gasteiger partial charge in [-0.25, -0.2) is 0 Å². The van der Waals surface area contributed by atoms with E-state index in [1.807, 2.05) is 30.3 Å². The van der Waals surface area contributed by atoms with E-state index in [0.29, 0.717) is 0 Å². The fraction of sp³-hybridized carbons (Fsp3) is 0.235. The molecule has 0 aliphatic carbocycles. The van der Waals surface area contributed by atoms with Crippen LogP contribution in [0, 0.1) is 0 Å². The number of hydrogen-bond acceptors (Lipinski definition) is 2. The van der Waals surface area contributed by atoms with Gasteiger partial charge in [0.05, 0.1) is 0 Å². The summed E-state index contributed by atoms with van der Waals surface area (Å²) in [6, 6.07) is 18.3. The van der Waals surface area contributed by atoms with E-state index in [1.165, 1.54) is 12.5 Å². The van der Waals surface area contributed by atoms with Gasteiger partial charge in [0, 0.05) is 24.8 Å². The van der Waals surface area contributed by atoms with Crippen LogP contribution in [0.4, 0.5) is 11.4 Å². The van der Waals surface area contributed by atoms with Gasteiger partial charge in [0.2, 0.25) is 5.91 Å². The molecule has 2 N–H and O–H groups in total. The van der Waals surface area contributed by atoms with Gasteiger partial charge in [-0.05, 0) is 42.7 Å². The largest absolute Gasteiger partial charge is 0.385 e. The molecule has 1 amide bonds. The smallest absolute Gasteiger partial charge is 0.221 e. The Kier molecular flexibility index (Phi) is 5.18. The van der Waals surface area contributed by atoms with E-state index < -0.39 is 0 Å². The Hall–Kier alpha value is -2.29. The number of amides is 1. The van der Waals surface area contributed by atoms with Crippen LogP contribution in [0.2, 0.25) is 0 Å². The van der Waals surface area contributed by atoms with Crippen LogP contribution in [0.1, 0.15) is 18.9 Å². The van der Waals surface area contributed by atoms with Crippen LogP contribution < -0.4 is 10.6 Å². The summed E-state index contributed by atoms with van der Waals surface area (Å²) in [5.41, 5.74) is 3.27. The van der Waals surface area contributed by atoms with Crippen LogP contribution in [0.5, 0.6) is 0 Å². The highest BCUT2D eigenvalue weighted by Gasteiger charge is 1.96. The van der Waals surface area contributed by atoms with Gasteiger partial charge in [-0.3, -0.25) is 4.79 Å². The van der Waals surface area contributed by atoms with Crippen LogP contribution in [0.3, 0.4) is 0 Å². The molecule has 2 aromatic carbocycles. The summed E-state index contributed by atoms with van der Waals surface area (Å²) in [5, 5.41) is 6.14. The maximum atomic E-state index is 10.9. The molecular weight excluding hydrogens is 248 g/mol. The predicted molar refractivity (Wildman–Crippen MR) is 84.0 cm³/mol. The zero-order valence-corrected chi connectivity index (χ0v) is 11.7. The second kappa shape index (κ2) is 7.34. The molecular formula is C17H20N2O. The normalized spacial score (nSPS) is 10.1. The van der Waals surface area contributed by atoms with Crippen molar-refractivity contribution in [2.75, 3.05) is 17.2 Å². The van der Waals surface area contributed by atoms with Crippen molar-refractivity contribution in [3.63, 3.8) is 0 Å². The van der Waals surface area contributed by atoms with Gasteiger partial charge in [0.25, 0.3) is 0 Å². The topological polar surface area (TPSA) is 41.1 Å². The second-order valence-corrected chi connectivity index (χ2v) is 4.77. The predicted octanol–water partition coefficient (Wildman–Crippen LogP) is 3.69. The number of benzene rings is 2. The minimum Gasteiger partial charge on any atom is -0.385 e. The molecule has 0 fully saturated rings. The Morgan fingerprint density at radius 1 is 0.950 bits per heavy atom. The Morgan fingerprint density at radius 3 is 2.25 bits per heavy atom. The quantitative estimate of drug-likeness (QED) is 0.784. The van der Waals surface area contributed by atoms with Gasteiger partial charge in [0.1, 0.15) is 0 Å². The van der Waals surface area contributed by atoms with E-state index in [2.05, 4.69) is 34.9 Å². The Balaban J connectivity index is 1.73. The monoisotopic (exact) mass is 268 g/mol. The lowest BCUT2D eigenvalue weighted by Gasteiger charge is -2.08. The first-order chi connectivity index (χ1) is 9.74. The van der Waals surface area contributed by atoms with Crippen LogP contribution >= 0.6 is 0 Å². The minimum atomic E-state index is -0.0476. The fourth-order valence-corrected chi connectivity index (χ4v) is 2.04. The molecule has 0 spiro atoms. The summed E-state index contributed by atoms with van der Waals surface area (Å²) in [4.78, 5) is 10.9. The van der Waals surface area contributed by atoms with Gasteiger partial charge >= 0.3 is 0 Å². The van der Waals surface area contributed by atoms with Gasteiger partial charge in [-0.2, -0.15) is 0 Å². The Bertz CT molecular complexity index is 535. The van der Waals surface area contributed by atoms with Crippen molar-refractivity contribution >= 4 is 17.3 Å². The number of rotatable bonds is 6. The van der Waals surface area contributed by atoms with Crippen LogP contribution in [-0.4, -0.2) is 12.5 Å². The number of carbonyl (C=O) groups is 1. The minimum absolute atomic E-state index is 0.0476. The van der Waals surface area contributed by atoms with Gasteiger partial charge in [-0.15, -0.1) is 0 Å². The van der Waals surface area contributed by atoms with Gasteiger partial charge in [0.15, 0.2) is 0 Å². The summed E-state index contributed by atoms with van der Waals surface area (Å²) in [7, 11) is 0. The van der Waals surface area contributed by atoms with Crippen molar-refractivity contribution in [2.45, 2.75) is 19.8 Å². The van der Waals surface area contributed by atoms with Crippen molar-refractivity contribution in [3.8, 4) is 0 Å². The standard InChI is InChI=1S/C17H20N2O/c1-14(20)19-17-11-9-16(10-12-17)18-13-5-8-15-6-3-2-4-7-15/h2-4,6-7,9-12,18H,5,8,13H2,1H3,(H,19,20). The molecule has 2 rings (SSSR count). The second-order valence-electron chi connectivity index (χ2n) is 4.77. The van der Waals surface area contributed by atoms with E-state index in [1.54, 1.807) is 0 Å². The molecule has 0 bridgehead atoms. The van der Waals surface area contributed by atoms with E-state index in [0.717, 1.165) is 30.8 Å². The third-order valence-electron chi connectivity index (χ3n) is 3.02. The molecule has 0 aromatic heterocycles. The van der Waals surface area contributed by atoms with Crippen LogP contribution in [-0.2, 0) is 11.2 Å². The lowest BCUT2D eigenvalue weighted by molar-refractivity contribution is -0.114. The molecule has 3 nitrogen and oxygen atoms in total. The van der Waals surface area contributed by atoms with Gasteiger partial charge < -0.3 is 10.6 Å². The third kappa shape index (κ3) is 4.76. The fourth-order valence-electron chi connectivity index (χ4n) is 2.04. The summed E-state index contributed by atoms with van der Waals surface area (Å²) >= 11 is 0. The van der Waals surface area contributed by atoms with E-state index in [-0.39, 0.29) is 5.91 Å². The van der Waals surface area contributed by atoms with E-state index >= 15 is 0 Å². The summed E-state index contributed by atoms with van der Waals surface area (Å²) in [6.45, 7) is 2.45. The molecule has 0 heterocycles. The molecule has 0 unspecified atom stereocenters. The van der Waals surface area contributed by atoms with Crippen molar-refractivity contribution in [1.82, 2.24) is 0 Å². The SMILES string of the molecule is CC(=O)Nc1ccc(NCCCc2ccccc2)cc1. The molecule has 2 aromatic rings. The summed E-state index contributed by atoms with van der Waals surface area (Å²) in [5.74, 6) is -0.0476. The molecule has 0 aliphatic heterocycles. The highest BCUT2D eigenvalue weighted by molar-refractivity contribution is 5.88. The maximum Gasteiger partial charge on any atom is 0.221 e. The lowest BCUT2D eigenvalue weighted by atomic mass is 10.1. The summed E-state index contributed by atoms with van der Waals surface area (Å²) < 4.78 is 0. The zero-order valence-electron chi connectivity index (χ0n) is 11.7. The highest BCUT2D eigenvalue weighted by atomic mass is 16.1. The summed E-state index contributed by atoms with van der Waals surface area (Å²) in [6.07, 6.45) is 2.18. The number of aryl methyl sites for hydroxylation is 1. The molecule has 0 saturated carbocycles. The molecule has 0 saturated heterocycles. The average molecular weight is 268 g/mol. The van der Waals surface area contributed by atoms with Gasteiger partial charge in [-0.1, -0.05) is 30.3 Å². The Labute approximate surface area is 120 Å².